The lowest BCUT2D eigenvalue weighted by Crippen LogP contribution is -2.45. The summed E-state index contributed by atoms with van der Waals surface area (Å²) >= 11 is 6.12. The summed E-state index contributed by atoms with van der Waals surface area (Å²) in [6.45, 7) is 1.78. The van der Waals surface area contributed by atoms with Crippen LogP contribution in [0.4, 0.5) is 0 Å². The molecule has 2 unspecified atom stereocenters. The third-order valence-electron chi connectivity index (χ3n) is 6.40. The van der Waals surface area contributed by atoms with Crippen LogP contribution >= 0.6 is 11.6 Å². The van der Waals surface area contributed by atoms with Crippen LogP contribution in [-0.2, 0) is 6.54 Å². The largest absolute Gasteiger partial charge is 0.496 e. The van der Waals surface area contributed by atoms with Crippen LogP contribution < -0.4 is 15.4 Å². The van der Waals surface area contributed by atoms with Gasteiger partial charge in [-0.2, -0.15) is 0 Å². The Hall–Kier alpha value is -2.92. The normalized spacial score (nSPS) is 18.4. The van der Waals surface area contributed by atoms with Gasteiger partial charge in [0, 0.05) is 40.2 Å². The van der Waals surface area contributed by atoms with Gasteiger partial charge in [0.2, 0.25) is 0 Å². The number of pyridine rings is 1. The van der Waals surface area contributed by atoms with Crippen molar-refractivity contribution >= 4 is 22.5 Å². The number of nitrogens with one attached hydrogen (secondary N) is 2. The molecule has 0 saturated carbocycles. The number of piperidine rings is 1. The van der Waals surface area contributed by atoms with E-state index in [1.807, 2.05) is 30.3 Å². The highest BCUT2D eigenvalue weighted by atomic mass is 35.5. The van der Waals surface area contributed by atoms with E-state index in [1.165, 1.54) is 12.0 Å². The summed E-state index contributed by atoms with van der Waals surface area (Å²) in [5, 5.41) is 9.26. The van der Waals surface area contributed by atoms with Crippen molar-refractivity contribution in [1.82, 2.24) is 15.6 Å². The quantitative estimate of drug-likeness (QED) is 0.364. The zero-order valence-electron chi connectivity index (χ0n) is 18.7. The van der Waals surface area contributed by atoms with Crippen molar-refractivity contribution in [3.8, 4) is 17.0 Å². The maximum absolute atomic E-state index is 6.12. The number of hydrogen-bond acceptors (Lipinski definition) is 4. The molecular weight excluding hydrogens is 430 g/mol. The minimum Gasteiger partial charge on any atom is -0.496 e. The number of fused-ring (bicyclic) bond motifs is 1. The summed E-state index contributed by atoms with van der Waals surface area (Å²) in [4.78, 5) is 4.86. The Morgan fingerprint density at radius 1 is 1.03 bits per heavy atom. The van der Waals surface area contributed by atoms with Crippen molar-refractivity contribution in [2.75, 3.05) is 13.7 Å². The van der Waals surface area contributed by atoms with Crippen LogP contribution in [-0.4, -0.2) is 24.7 Å². The number of rotatable bonds is 6. The van der Waals surface area contributed by atoms with Gasteiger partial charge in [-0.05, 0) is 67.4 Å². The van der Waals surface area contributed by atoms with Gasteiger partial charge in [0.05, 0.1) is 18.3 Å². The molecule has 4 nitrogen and oxygen atoms in total. The summed E-state index contributed by atoms with van der Waals surface area (Å²) in [5.74, 6) is 0.888. The van der Waals surface area contributed by atoms with Crippen LogP contribution in [0.1, 0.15) is 30.0 Å². The fourth-order valence-corrected chi connectivity index (χ4v) is 4.87. The van der Waals surface area contributed by atoms with Crippen molar-refractivity contribution in [2.24, 2.45) is 0 Å². The molecule has 1 aromatic heterocycles. The van der Waals surface area contributed by atoms with Gasteiger partial charge >= 0.3 is 0 Å². The summed E-state index contributed by atoms with van der Waals surface area (Å²) in [6, 6.07) is 27.6. The van der Waals surface area contributed by atoms with Crippen molar-refractivity contribution in [1.29, 1.82) is 0 Å². The topological polar surface area (TPSA) is 46.2 Å². The number of methoxy groups -OCH3 is 1. The van der Waals surface area contributed by atoms with Gasteiger partial charge in [0.25, 0.3) is 0 Å². The molecule has 33 heavy (non-hydrogen) atoms. The monoisotopic (exact) mass is 457 g/mol. The Morgan fingerprint density at radius 3 is 2.76 bits per heavy atom. The van der Waals surface area contributed by atoms with Crippen LogP contribution in [0.2, 0.25) is 5.02 Å². The van der Waals surface area contributed by atoms with Gasteiger partial charge in [0.15, 0.2) is 0 Å². The zero-order chi connectivity index (χ0) is 22.6. The van der Waals surface area contributed by atoms with Gasteiger partial charge in [-0.15, -0.1) is 0 Å². The van der Waals surface area contributed by atoms with Crippen LogP contribution in [0.3, 0.4) is 0 Å². The molecule has 1 fully saturated rings. The van der Waals surface area contributed by atoms with E-state index in [-0.39, 0.29) is 0 Å². The predicted octanol–water partition coefficient (Wildman–Crippen LogP) is 6.15. The lowest BCUT2D eigenvalue weighted by molar-refractivity contribution is 0.303. The average Bonchev–Trinajstić information content (AvgIpc) is 2.87. The Kier molecular flexibility index (Phi) is 6.58. The molecular formula is C28H28ClN3O. The third-order valence-corrected chi connectivity index (χ3v) is 6.63. The molecule has 2 N–H and O–H groups in total. The summed E-state index contributed by atoms with van der Waals surface area (Å²) in [6.07, 6.45) is 2.31. The van der Waals surface area contributed by atoms with Crippen molar-refractivity contribution in [3.63, 3.8) is 0 Å². The lowest BCUT2D eigenvalue weighted by atomic mass is 9.92. The first-order valence-corrected chi connectivity index (χ1v) is 11.8. The highest BCUT2D eigenvalue weighted by molar-refractivity contribution is 6.31. The van der Waals surface area contributed by atoms with Gasteiger partial charge < -0.3 is 15.4 Å². The maximum atomic E-state index is 6.12. The molecule has 0 bridgehead atoms. The van der Waals surface area contributed by atoms with Crippen LogP contribution in [0, 0.1) is 0 Å². The first-order valence-electron chi connectivity index (χ1n) is 11.5. The van der Waals surface area contributed by atoms with Crippen molar-refractivity contribution < 1.29 is 4.74 Å². The standard InChI is InChI=1S/C28H28ClN3O/c1-33-27-14-10-20(24-12-9-21-17-23(29)11-13-25(21)32-24)16-22(27)18-31-26-8-5-15-30-28(26)19-6-3-2-4-7-19/h2-4,6-7,9-14,16-17,26,28,30-31H,5,8,15,18H2,1H3. The second-order valence-corrected chi connectivity index (χ2v) is 8.97. The van der Waals surface area contributed by atoms with E-state index in [0.717, 1.165) is 58.0 Å². The number of nitrogens with zero attached hydrogens (tertiary/aromatic N) is 1. The molecule has 3 aromatic carbocycles. The van der Waals surface area contributed by atoms with E-state index in [0.29, 0.717) is 12.1 Å². The second-order valence-electron chi connectivity index (χ2n) is 8.53. The number of halogens is 1. The Labute approximate surface area is 200 Å². The Bertz CT molecular complexity index is 1240. The molecule has 2 atom stereocenters. The average molecular weight is 458 g/mol. The third kappa shape index (κ3) is 4.88. The van der Waals surface area contributed by atoms with E-state index in [2.05, 4.69) is 59.2 Å². The van der Waals surface area contributed by atoms with E-state index in [1.54, 1.807) is 7.11 Å². The number of benzene rings is 3. The first-order chi connectivity index (χ1) is 16.2. The smallest absolute Gasteiger partial charge is 0.123 e. The number of aromatic nitrogens is 1. The molecule has 0 amide bonds. The van der Waals surface area contributed by atoms with Gasteiger partial charge in [-0.25, -0.2) is 4.98 Å². The SMILES string of the molecule is COc1ccc(-c2ccc3cc(Cl)ccc3n2)cc1CNC1CCCNC1c1ccccc1. The van der Waals surface area contributed by atoms with Gasteiger partial charge in [-0.3, -0.25) is 0 Å². The van der Waals surface area contributed by atoms with Gasteiger partial charge in [0.1, 0.15) is 5.75 Å². The Balaban J connectivity index is 1.39. The molecule has 1 aliphatic rings. The summed E-state index contributed by atoms with van der Waals surface area (Å²) in [7, 11) is 1.73. The number of hydrogen-bond donors (Lipinski definition) is 2. The van der Waals surface area contributed by atoms with E-state index < -0.39 is 0 Å². The summed E-state index contributed by atoms with van der Waals surface area (Å²) in [5.41, 5.74) is 5.41. The first kappa shape index (κ1) is 21.9. The van der Waals surface area contributed by atoms with Crippen LogP contribution in [0.15, 0.2) is 78.9 Å². The predicted molar refractivity (Wildman–Crippen MR) is 136 cm³/mol. The van der Waals surface area contributed by atoms with E-state index >= 15 is 0 Å². The highest BCUT2D eigenvalue weighted by Gasteiger charge is 2.25. The molecule has 1 saturated heterocycles. The molecule has 1 aliphatic heterocycles. The van der Waals surface area contributed by atoms with E-state index in [4.69, 9.17) is 21.3 Å². The second kappa shape index (κ2) is 9.92. The highest BCUT2D eigenvalue weighted by Crippen LogP contribution is 2.29. The summed E-state index contributed by atoms with van der Waals surface area (Å²) < 4.78 is 5.68. The molecule has 168 valence electrons. The fourth-order valence-electron chi connectivity index (χ4n) is 4.69. The van der Waals surface area contributed by atoms with Crippen molar-refractivity contribution in [2.45, 2.75) is 31.5 Å². The number of ether oxygens (including phenoxy) is 1. The maximum Gasteiger partial charge on any atom is 0.123 e. The van der Waals surface area contributed by atoms with Crippen LogP contribution in [0.25, 0.3) is 22.2 Å². The van der Waals surface area contributed by atoms with Gasteiger partial charge in [-0.1, -0.05) is 48.0 Å². The van der Waals surface area contributed by atoms with Crippen molar-refractivity contribution in [3.05, 3.63) is 95.0 Å². The molecule has 2 heterocycles. The molecule has 0 radical (unpaired) electrons. The zero-order valence-corrected chi connectivity index (χ0v) is 19.5. The minimum absolute atomic E-state index is 0.308. The fraction of sp³-hybridized carbons (Fsp3) is 0.250. The molecule has 5 heteroatoms. The lowest BCUT2D eigenvalue weighted by Gasteiger charge is -2.34. The molecule has 4 aromatic rings. The Morgan fingerprint density at radius 2 is 1.91 bits per heavy atom. The molecule has 0 spiro atoms. The van der Waals surface area contributed by atoms with E-state index in [9.17, 15) is 0 Å². The van der Waals surface area contributed by atoms with Crippen LogP contribution in [0.5, 0.6) is 5.75 Å². The molecule has 5 rings (SSSR count). The molecule has 0 aliphatic carbocycles. The minimum atomic E-state index is 0.308.